The molecule has 23 heavy (non-hydrogen) atoms. The topological polar surface area (TPSA) is 35.5 Å². The van der Waals surface area contributed by atoms with E-state index in [0.717, 1.165) is 21.8 Å². The van der Waals surface area contributed by atoms with Crippen molar-refractivity contribution in [3.63, 3.8) is 0 Å². The molecule has 0 saturated carbocycles. The fourth-order valence-electron chi connectivity index (χ4n) is 1.94. The van der Waals surface area contributed by atoms with E-state index in [0.29, 0.717) is 19.8 Å². The number of esters is 1. The molecule has 0 radical (unpaired) electrons. The highest BCUT2D eigenvalue weighted by Crippen LogP contribution is 2.19. The molecule has 0 spiro atoms. The maximum Gasteiger partial charge on any atom is 0.330 e. The zero-order chi connectivity index (χ0) is 16.9. The number of halogens is 2. The lowest BCUT2D eigenvalue weighted by Gasteiger charge is -2.11. The highest BCUT2D eigenvalue weighted by Gasteiger charge is 2.06. The summed E-state index contributed by atoms with van der Waals surface area (Å²) in [4.78, 5) is 11.4. The van der Waals surface area contributed by atoms with Crippen molar-refractivity contribution in [2.24, 2.45) is 5.92 Å². The van der Waals surface area contributed by atoms with Gasteiger partial charge in [0, 0.05) is 12.7 Å². The Morgan fingerprint density at radius 1 is 1.26 bits per heavy atom. The van der Waals surface area contributed by atoms with Crippen LogP contribution in [0.3, 0.4) is 0 Å². The minimum absolute atomic E-state index is 0.222. The summed E-state index contributed by atoms with van der Waals surface area (Å²) in [6.45, 7) is 3.43. The predicted octanol–water partition coefficient (Wildman–Crippen LogP) is 5.35. The summed E-state index contributed by atoms with van der Waals surface area (Å²) in [7, 11) is 0. The second kappa shape index (κ2) is 12.5. The molecule has 0 aliphatic rings. The Morgan fingerprint density at radius 3 is 2.65 bits per heavy atom. The molecule has 0 saturated heterocycles. The highest BCUT2D eigenvalue weighted by atomic mass is 79.9. The Morgan fingerprint density at radius 2 is 2.00 bits per heavy atom. The van der Waals surface area contributed by atoms with Crippen LogP contribution in [0.5, 0.6) is 0 Å². The predicted molar refractivity (Wildman–Crippen MR) is 101 cm³/mol. The van der Waals surface area contributed by atoms with E-state index in [2.05, 4.69) is 31.9 Å². The van der Waals surface area contributed by atoms with Gasteiger partial charge in [-0.1, -0.05) is 42.5 Å². The first-order valence-corrected chi connectivity index (χ1v) is 9.18. The number of hydrogen-bond donors (Lipinski definition) is 0. The highest BCUT2D eigenvalue weighted by molar-refractivity contribution is 9.28. The van der Waals surface area contributed by atoms with Crippen LogP contribution in [0, 0.1) is 5.92 Å². The lowest BCUT2D eigenvalue weighted by molar-refractivity contribution is -0.137. The van der Waals surface area contributed by atoms with Gasteiger partial charge in [-0.25, -0.2) is 4.79 Å². The zero-order valence-electron chi connectivity index (χ0n) is 13.2. The molecule has 0 amide bonds. The lowest BCUT2D eigenvalue weighted by atomic mass is 10.0. The number of carbonyl (C=O) groups excluding carboxylic acids is 1. The third-order valence-electron chi connectivity index (χ3n) is 3.11. The van der Waals surface area contributed by atoms with Crippen molar-refractivity contribution >= 4 is 37.8 Å². The maximum absolute atomic E-state index is 11.4. The summed E-state index contributed by atoms with van der Waals surface area (Å²) in [6.07, 6.45) is 7.07. The zero-order valence-corrected chi connectivity index (χ0v) is 16.4. The second-order valence-corrected chi connectivity index (χ2v) is 7.70. The van der Waals surface area contributed by atoms with Crippen LogP contribution in [0.2, 0.25) is 0 Å². The van der Waals surface area contributed by atoms with E-state index in [1.165, 1.54) is 6.08 Å². The van der Waals surface area contributed by atoms with Crippen molar-refractivity contribution in [1.29, 1.82) is 0 Å². The average molecular weight is 446 g/mol. The molecule has 0 aromatic heterocycles. The summed E-state index contributed by atoms with van der Waals surface area (Å²) >= 11 is 6.70. The fourth-order valence-corrected chi connectivity index (χ4v) is 2.31. The summed E-state index contributed by atoms with van der Waals surface area (Å²) in [6, 6.07) is 10.1. The van der Waals surface area contributed by atoms with Gasteiger partial charge < -0.3 is 9.47 Å². The maximum atomic E-state index is 11.4. The van der Waals surface area contributed by atoms with Crippen LogP contribution in [0.1, 0.15) is 25.3 Å². The minimum Gasteiger partial charge on any atom is -0.463 e. The van der Waals surface area contributed by atoms with Gasteiger partial charge >= 0.3 is 5.97 Å². The third kappa shape index (κ3) is 10.5. The summed E-state index contributed by atoms with van der Waals surface area (Å²) in [5.74, 6) is -0.0788. The molecule has 3 nitrogen and oxygen atoms in total. The smallest absolute Gasteiger partial charge is 0.330 e. The van der Waals surface area contributed by atoms with E-state index < -0.39 is 0 Å². The van der Waals surface area contributed by atoms with Gasteiger partial charge in [0.1, 0.15) is 0 Å². The number of ether oxygens (including phenoxy) is 2. The molecular formula is C18H22Br2O3. The number of hydrogen-bond acceptors (Lipinski definition) is 3. The Balaban J connectivity index is 2.42. The van der Waals surface area contributed by atoms with Crippen molar-refractivity contribution in [1.82, 2.24) is 0 Å². The number of carbonyl (C=O) groups is 1. The van der Waals surface area contributed by atoms with Gasteiger partial charge in [-0.3, -0.25) is 0 Å². The van der Waals surface area contributed by atoms with Crippen LogP contribution in [0.15, 0.2) is 52.0 Å². The largest absolute Gasteiger partial charge is 0.463 e. The second-order valence-electron chi connectivity index (χ2n) is 4.93. The molecule has 1 rings (SSSR count). The third-order valence-corrected chi connectivity index (χ3v) is 3.76. The van der Waals surface area contributed by atoms with Crippen molar-refractivity contribution < 1.29 is 14.3 Å². The Hall–Kier alpha value is -0.910. The van der Waals surface area contributed by atoms with Crippen molar-refractivity contribution in [2.75, 3.05) is 13.2 Å². The van der Waals surface area contributed by atoms with Gasteiger partial charge in [0.25, 0.3) is 0 Å². The molecule has 0 aliphatic carbocycles. The van der Waals surface area contributed by atoms with Crippen LogP contribution in [0.25, 0.3) is 0 Å². The molecule has 0 aliphatic heterocycles. The first-order chi connectivity index (χ1) is 11.1. The minimum atomic E-state index is -0.301. The van der Waals surface area contributed by atoms with E-state index in [1.807, 2.05) is 42.5 Å². The van der Waals surface area contributed by atoms with Crippen molar-refractivity contribution in [3.05, 3.63) is 57.5 Å². The standard InChI is InChI=1S/C18H22Br2O3/c1-2-23-18(21)11-9-15(8-10-17(19)20)12-13-22-14-16-6-4-3-5-7-16/h3-7,9-11,15H,2,8,12-14H2,1H3/b11-9+. The van der Waals surface area contributed by atoms with Gasteiger partial charge in [-0.2, -0.15) is 0 Å². The number of rotatable bonds is 10. The van der Waals surface area contributed by atoms with Gasteiger partial charge in [0.05, 0.1) is 16.6 Å². The van der Waals surface area contributed by atoms with Gasteiger partial charge in [-0.15, -0.1) is 0 Å². The first-order valence-electron chi connectivity index (χ1n) is 7.59. The van der Waals surface area contributed by atoms with Crippen LogP contribution in [0.4, 0.5) is 0 Å². The van der Waals surface area contributed by atoms with Crippen LogP contribution in [-0.2, 0) is 20.9 Å². The Bertz CT molecular complexity index is 508. The van der Waals surface area contributed by atoms with E-state index in [-0.39, 0.29) is 11.9 Å². The SMILES string of the molecule is CCOC(=O)/C=C/C(CC=C(Br)Br)CCOCc1ccccc1. The Labute approximate surface area is 155 Å². The summed E-state index contributed by atoms with van der Waals surface area (Å²) in [5, 5.41) is 0. The molecule has 1 aromatic carbocycles. The molecule has 5 heteroatoms. The van der Waals surface area contributed by atoms with Crippen molar-refractivity contribution in [2.45, 2.75) is 26.4 Å². The normalized spacial score (nSPS) is 12.1. The van der Waals surface area contributed by atoms with Crippen LogP contribution < -0.4 is 0 Å². The van der Waals surface area contributed by atoms with E-state index in [4.69, 9.17) is 9.47 Å². The Kier molecular flexibility index (Phi) is 10.9. The first kappa shape index (κ1) is 20.1. The molecule has 126 valence electrons. The molecule has 0 bridgehead atoms. The molecule has 1 atom stereocenters. The van der Waals surface area contributed by atoms with E-state index in [9.17, 15) is 4.79 Å². The molecular weight excluding hydrogens is 424 g/mol. The summed E-state index contributed by atoms with van der Waals surface area (Å²) < 4.78 is 11.5. The quantitative estimate of drug-likeness (QED) is 0.276. The number of allylic oxidation sites excluding steroid dienone is 2. The lowest BCUT2D eigenvalue weighted by Crippen LogP contribution is -2.05. The molecule has 1 unspecified atom stereocenters. The molecule has 0 fully saturated rings. The van der Waals surface area contributed by atoms with E-state index >= 15 is 0 Å². The number of benzene rings is 1. The van der Waals surface area contributed by atoms with Gasteiger partial charge in [-0.05, 0) is 63.1 Å². The van der Waals surface area contributed by atoms with Crippen molar-refractivity contribution in [3.8, 4) is 0 Å². The average Bonchev–Trinajstić information content (AvgIpc) is 2.54. The van der Waals surface area contributed by atoms with E-state index in [1.54, 1.807) is 6.92 Å². The molecule has 0 heterocycles. The fraction of sp³-hybridized carbons (Fsp3) is 0.389. The van der Waals surface area contributed by atoms with Gasteiger partial charge in [0.2, 0.25) is 0 Å². The summed E-state index contributed by atoms with van der Waals surface area (Å²) in [5.41, 5.74) is 1.16. The monoisotopic (exact) mass is 444 g/mol. The molecule has 1 aromatic rings. The van der Waals surface area contributed by atoms with Crippen LogP contribution in [-0.4, -0.2) is 19.2 Å². The molecule has 0 N–H and O–H groups in total. The van der Waals surface area contributed by atoms with Gasteiger partial charge in [0.15, 0.2) is 0 Å². The van der Waals surface area contributed by atoms with Crippen LogP contribution >= 0.6 is 31.9 Å².